The molecule has 1 aliphatic carbocycles. The molecule has 1 aliphatic rings. The van der Waals surface area contributed by atoms with Crippen LogP contribution in [0.5, 0.6) is 5.75 Å². The van der Waals surface area contributed by atoms with E-state index < -0.39 is 12.1 Å². The fourth-order valence-electron chi connectivity index (χ4n) is 3.03. The number of amides is 1. The highest BCUT2D eigenvalue weighted by Crippen LogP contribution is 2.26. The van der Waals surface area contributed by atoms with Gasteiger partial charge in [-0.25, -0.2) is 4.79 Å². The van der Waals surface area contributed by atoms with Crippen LogP contribution in [-0.2, 0) is 33.7 Å². The second-order valence-electron chi connectivity index (χ2n) is 6.51. The minimum Gasteiger partial charge on any atom is -0.482 e. The van der Waals surface area contributed by atoms with E-state index in [2.05, 4.69) is 5.32 Å². The Labute approximate surface area is 163 Å². The van der Waals surface area contributed by atoms with Gasteiger partial charge in [0.1, 0.15) is 5.75 Å². The number of hydrogen-bond acceptors (Lipinski definition) is 4. The number of carbonyl (C=O) groups is 2. The van der Waals surface area contributed by atoms with Crippen LogP contribution in [0.3, 0.4) is 0 Å². The van der Waals surface area contributed by atoms with Gasteiger partial charge in [0.15, 0.2) is 12.7 Å². The molecule has 0 fully saturated rings. The quantitative estimate of drug-likeness (QED) is 0.739. The Kier molecular flexibility index (Phi) is 6.35. The van der Waals surface area contributed by atoms with Crippen LogP contribution in [0.2, 0.25) is 5.02 Å². The number of aryl methyl sites for hydroxylation is 2. The van der Waals surface area contributed by atoms with E-state index >= 15 is 0 Å². The third kappa shape index (κ3) is 5.23. The normalized spacial score (nSPS) is 13.6. The van der Waals surface area contributed by atoms with Crippen LogP contribution in [0, 0.1) is 0 Å². The van der Waals surface area contributed by atoms with Crippen molar-refractivity contribution >= 4 is 23.5 Å². The summed E-state index contributed by atoms with van der Waals surface area (Å²) < 4.78 is 10.6. The molecule has 1 atom stereocenters. The van der Waals surface area contributed by atoms with Crippen molar-refractivity contribution in [1.29, 1.82) is 0 Å². The molecule has 0 unspecified atom stereocenters. The van der Waals surface area contributed by atoms with Crippen molar-refractivity contribution in [3.63, 3.8) is 0 Å². The number of ether oxygens (including phenoxy) is 2. The molecule has 1 N–H and O–H groups in total. The Morgan fingerprint density at radius 2 is 1.93 bits per heavy atom. The average molecular weight is 388 g/mol. The second kappa shape index (κ2) is 8.91. The molecule has 5 nitrogen and oxygen atoms in total. The monoisotopic (exact) mass is 387 g/mol. The molecule has 0 spiro atoms. The first-order valence-electron chi connectivity index (χ1n) is 8.98. The van der Waals surface area contributed by atoms with Crippen molar-refractivity contribution in [3.8, 4) is 5.75 Å². The van der Waals surface area contributed by atoms with Gasteiger partial charge in [0.2, 0.25) is 0 Å². The molecule has 3 rings (SSSR count). The number of hydrogen-bond donors (Lipinski definition) is 1. The lowest BCUT2D eigenvalue weighted by atomic mass is 10.1. The Morgan fingerprint density at radius 1 is 1.15 bits per heavy atom. The molecular weight excluding hydrogens is 366 g/mol. The van der Waals surface area contributed by atoms with Gasteiger partial charge in [-0.15, -0.1) is 0 Å². The highest BCUT2D eigenvalue weighted by molar-refractivity contribution is 6.31. The van der Waals surface area contributed by atoms with Crippen molar-refractivity contribution in [2.45, 2.75) is 38.8 Å². The largest absolute Gasteiger partial charge is 0.482 e. The maximum atomic E-state index is 12.1. The van der Waals surface area contributed by atoms with Crippen LogP contribution in [0.15, 0.2) is 42.5 Å². The third-order valence-electron chi connectivity index (χ3n) is 4.52. The van der Waals surface area contributed by atoms with E-state index in [1.165, 1.54) is 18.1 Å². The van der Waals surface area contributed by atoms with E-state index in [1.54, 1.807) is 6.07 Å². The molecule has 0 heterocycles. The predicted molar refractivity (Wildman–Crippen MR) is 103 cm³/mol. The van der Waals surface area contributed by atoms with E-state index in [1.807, 2.05) is 36.4 Å². The molecule has 142 valence electrons. The van der Waals surface area contributed by atoms with Gasteiger partial charge in [-0.05, 0) is 61.1 Å². The maximum Gasteiger partial charge on any atom is 0.344 e. The summed E-state index contributed by atoms with van der Waals surface area (Å²) in [5, 5.41) is 3.28. The zero-order valence-electron chi connectivity index (χ0n) is 15.2. The highest BCUT2D eigenvalue weighted by atomic mass is 35.5. The Bertz CT molecular complexity index is 837. The van der Waals surface area contributed by atoms with Gasteiger partial charge in [0, 0.05) is 11.6 Å². The number of fused-ring (bicyclic) bond motifs is 1. The SMILES string of the molecule is C[C@@H](OC(=O)COc1ccc2c(c1)CCC2)C(=O)NCc1ccccc1Cl. The molecule has 0 aromatic heterocycles. The van der Waals surface area contributed by atoms with Crippen molar-refractivity contribution in [1.82, 2.24) is 5.32 Å². The lowest BCUT2D eigenvalue weighted by Crippen LogP contribution is -2.36. The number of carbonyl (C=O) groups excluding carboxylic acids is 2. The molecule has 27 heavy (non-hydrogen) atoms. The number of rotatable bonds is 7. The summed E-state index contributed by atoms with van der Waals surface area (Å²) in [4.78, 5) is 24.0. The van der Waals surface area contributed by atoms with Crippen molar-refractivity contribution in [2.75, 3.05) is 6.61 Å². The van der Waals surface area contributed by atoms with Crippen molar-refractivity contribution in [2.24, 2.45) is 0 Å². The number of nitrogens with one attached hydrogen (secondary N) is 1. The first-order valence-corrected chi connectivity index (χ1v) is 9.36. The topological polar surface area (TPSA) is 64.6 Å². The van der Waals surface area contributed by atoms with Gasteiger partial charge in [0.25, 0.3) is 5.91 Å². The molecule has 2 aromatic carbocycles. The molecular formula is C21H22ClNO4. The number of esters is 1. The first-order chi connectivity index (χ1) is 13.0. The fraction of sp³-hybridized carbons (Fsp3) is 0.333. The smallest absolute Gasteiger partial charge is 0.344 e. The van der Waals surface area contributed by atoms with E-state index in [-0.39, 0.29) is 19.1 Å². The van der Waals surface area contributed by atoms with Gasteiger partial charge >= 0.3 is 5.97 Å². The number of benzene rings is 2. The van der Waals surface area contributed by atoms with E-state index in [0.29, 0.717) is 10.8 Å². The standard InChI is InChI=1S/C21H22ClNO4/c1-14(21(25)23-12-17-5-2-3-8-19(17)22)27-20(24)13-26-18-10-9-15-6-4-7-16(15)11-18/h2-3,5,8-11,14H,4,6-7,12-13H2,1H3,(H,23,25)/t14-/m1/s1. The summed E-state index contributed by atoms with van der Waals surface area (Å²) in [6, 6.07) is 13.1. The van der Waals surface area contributed by atoms with Gasteiger partial charge in [-0.1, -0.05) is 35.9 Å². The molecule has 6 heteroatoms. The van der Waals surface area contributed by atoms with E-state index in [0.717, 1.165) is 24.8 Å². The minimum absolute atomic E-state index is 0.235. The lowest BCUT2D eigenvalue weighted by molar-refractivity contribution is -0.156. The summed E-state index contributed by atoms with van der Waals surface area (Å²) in [7, 11) is 0. The molecule has 0 radical (unpaired) electrons. The van der Waals surface area contributed by atoms with Gasteiger partial charge in [-0.2, -0.15) is 0 Å². The van der Waals surface area contributed by atoms with Crippen LogP contribution < -0.4 is 10.1 Å². The van der Waals surface area contributed by atoms with Gasteiger partial charge in [-0.3, -0.25) is 4.79 Å². The van der Waals surface area contributed by atoms with Crippen LogP contribution in [0.25, 0.3) is 0 Å². The molecule has 0 aliphatic heterocycles. The molecule has 1 amide bonds. The molecule has 0 saturated heterocycles. The summed E-state index contributed by atoms with van der Waals surface area (Å²) in [5.41, 5.74) is 3.41. The summed E-state index contributed by atoms with van der Waals surface area (Å²) in [5.74, 6) is -0.333. The Hall–Kier alpha value is -2.53. The first kappa shape index (κ1) is 19.2. The van der Waals surface area contributed by atoms with Gasteiger partial charge in [0.05, 0.1) is 0 Å². The lowest BCUT2D eigenvalue weighted by Gasteiger charge is -2.14. The summed E-state index contributed by atoms with van der Waals surface area (Å²) >= 11 is 6.05. The van der Waals surface area contributed by atoms with Crippen molar-refractivity contribution in [3.05, 3.63) is 64.2 Å². The Morgan fingerprint density at radius 3 is 2.74 bits per heavy atom. The minimum atomic E-state index is -0.913. The van der Waals surface area contributed by atoms with Crippen LogP contribution in [0.1, 0.15) is 30.0 Å². The summed E-state index contributed by atoms with van der Waals surface area (Å²) in [6.07, 6.45) is 2.38. The zero-order chi connectivity index (χ0) is 19.2. The molecule has 2 aromatic rings. The molecule has 0 saturated carbocycles. The maximum absolute atomic E-state index is 12.1. The van der Waals surface area contributed by atoms with Crippen LogP contribution in [0.4, 0.5) is 0 Å². The van der Waals surface area contributed by atoms with E-state index in [4.69, 9.17) is 21.1 Å². The van der Waals surface area contributed by atoms with E-state index in [9.17, 15) is 9.59 Å². The summed E-state index contributed by atoms with van der Waals surface area (Å²) in [6.45, 7) is 1.56. The van der Waals surface area contributed by atoms with Gasteiger partial charge < -0.3 is 14.8 Å². The predicted octanol–water partition coefficient (Wildman–Crippen LogP) is 3.46. The van der Waals surface area contributed by atoms with Crippen molar-refractivity contribution < 1.29 is 19.1 Å². The third-order valence-corrected chi connectivity index (χ3v) is 4.88. The average Bonchev–Trinajstić information content (AvgIpc) is 3.13. The zero-order valence-corrected chi connectivity index (χ0v) is 15.9. The Balaban J connectivity index is 1.43. The van der Waals surface area contributed by atoms with Crippen LogP contribution in [-0.4, -0.2) is 24.6 Å². The van der Waals surface area contributed by atoms with Crippen LogP contribution >= 0.6 is 11.6 Å². The number of halogens is 1. The second-order valence-corrected chi connectivity index (χ2v) is 6.92. The fourth-order valence-corrected chi connectivity index (χ4v) is 3.24. The highest BCUT2D eigenvalue weighted by Gasteiger charge is 2.18. The molecule has 0 bridgehead atoms.